The summed E-state index contributed by atoms with van der Waals surface area (Å²) < 4.78 is 69.5. The molecule has 2 aromatic heterocycles. The number of carbonyl (C=O) groups excluding carboxylic acids is 1. The normalized spacial score (nSPS) is 23.5. The van der Waals surface area contributed by atoms with E-state index in [1.165, 1.54) is 23.1 Å². The first-order valence-corrected chi connectivity index (χ1v) is 14.0. The summed E-state index contributed by atoms with van der Waals surface area (Å²) in [5.74, 6) is -0.124. The van der Waals surface area contributed by atoms with Gasteiger partial charge in [-0.15, -0.1) is 11.3 Å². The number of thiophene rings is 1. The molecule has 0 radical (unpaired) electrons. The number of rotatable bonds is 8. The second kappa shape index (κ2) is 9.73. The SMILES string of the molecule is Cn1nc(C(F)F)cc1N=C=N[C@H]1CCc2sc(NC(=O)C3CC3)c(S(=O)(=O)N[C@H]3C[C@@H](F)C3)c2C1. The standard InChI is InChI=1S/C22H25F3N6O3S2/c1-31-18(9-16(29-31)20(24)25)27-10-26-13-4-5-17-15(8-13)19(22(35-17)28-21(32)11-2-3-11)36(33,34)30-14-6-12(23)7-14/h9,11-14,20,30H,2-8H2,1H3,(H,28,32)/t12-,13-,14+/m0/s1. The number of aliphatic imine (C=N–C) groups is 2. The zero-order chi connectivity index (χ0) is 25.6. The van der Waals surface area contributed by atoms with E-state index in [9.17, 15) is 26.4 Å². The van der Waals surface area contributed by atoms with Crippen molar-refractivity contribution in [3.05, 3.63) is 22.2 Å². The Bertz CT molecular complexity index is 1340. The van der Waals surface area contributed by atoms with Gasteiger partial charge in [-0.05, 0) is 50.5 Å². The van der Waals surface area contributed by atoms with Crippen molar-refractivity contribution in [3.8, 4) is 0 Å². The lowest BCUT2D eigenvalue weighted by atomic mass is 9.92. The molecule has 2 aromatic rings. The Labute approximate surface area is 210 Å². The quantitative estimate of drug-likeness (QED) is 0.492. The fourth-order valence-electron chi connectivity index (χ4n) is 4.35. The average Bonchev–Trinajstić information content (AvgIpc) is 3.48. The lowest BCUT2D eigenvalue weighted by Crippen LogP contribution is -2.45. The number of nitrogens with zero attached hydrogens (tertiary/aromatic N) is 4. The molecule has 5 rings (SSSR count). The van der Waals surface area contributed by atoms with Crippen LogP contribution in [0.3, 0.4) is 0 Å². The van der Waals surface area contributed by atoms with Crippen molar-refractivity contribution >= 4 is 44.1 Å². The number of sulfonamides is 1. The van der Waals surface area contributed by atoms with Crippen molar-refractivity contribution in [2.75, 3.05) is 5.32 Å². The minimum Gasteiger partial charge on any atom is -0.316 e. The van der Waals surface area contributed by atoms with Crippen LogP contribution < -0.4 is 10.0 Å². The van der Waals surface area contributed by atoms with Crippen LogP contribution in [0.5, 0.6) is 0 Å². The van der Waals surface area contributed by atoms with Crippen LogP contribution in [0.15, 0.2) is 20.9 Å². The lowest BCUT2D eigenvalue weighted by Gasteiger charge is -2.30. The molecule has 0 aliphatic heterocycles. The molecule has 1 atom stereocenters. The lowest BCUT2D eigenvalue weighted by molar-refractivity contribution is -0.117. The second-order valence-corrected chi connectivity index (χ2v) is 12.2. The summed E-state index contributed by atoms with van der Waals surface area (Å²) in [6.45, 7) is 0. The molecule has 0 aromatic carbocycles. The monoisotopic (exact) mass is 542 g/mol. The van der Waals surface area contributed by atoms with E-state index in [2.05, 4.69) is 31.1 Å². The molecule has 0 bridgehead atoms. The van der Waals surface area contributed by atoms with E-state index in [1.54, 1.807) is 0 Å². The first kappa shape index (κ1) is 25.1. The van der Waals surface area contributed by atoms with Gasteiger partial charge in [-0.3, -0.25) is 4.79 Å². The van der Waals surface area contributed by atoms with Crippen LogP contribution in [0, 0.1) is 5.92 Å². The van der Waals surface area contributed by atoms with Crippen LogP contribution in [0.4, 0.5) is 24.0 Å². The fraction of sp³-hybridized carbons (Fsp3) is 0.591. The van der Waals surface area contributed by atoms with Gasteiger partial charge in [-0.25, -0.2) is 36.0 Å². The van der Waals surface area contributed by atoms with Gasteiger partial charge >= 0.3 is 0 Å². The van der Waals surface area contributed by atoms with Gasteiger partial charge in [-0.2, -0.15) is 10.1 Å². The van der Waals surface area contributed by atoms with Gasteiger partial charge in [-0.1, -0.05) is 0 Å². The van der Waals surface area contributed by atoms with E-state index in [0.29, 0.717) is 18.4 Å². The molecular formula is C22H25F3N6O3S2. The Morgan fingerprint density at radius 2 is 2.06 bits per heavy atom. The maximum atomic E-state index is 13.3. The predicted molar refractivity (Wildman–Crippen MR) is 127 cm³/mol. The highest BCUT2D eigenvalue weighted by molar-refractivity contribution is 7.90. The molecule has 1 amide bonds. The summed E-state index contributed by atoms with van der Waals surface area (Å²) >= 11 is 1.25. The van der Waals surface area contributed by atoms with Crippen LogP contribution in [-0.4, -0.2) is 48.4 Å². The van der Waals surface area contributed by atoms with Gasteiger partial charge in [0.15, 0.2) is 5.82 Å². The molecule has 3 aliphatic rings. The molecule has 0 saturated heterocycles. The maximum Gasteiger partial charge on any atom is 0.282 e. The Kier molecular flexibility index (Phi) is 6.79. The van der Waals surface area contributed by atoms with Gasteiger partial charge in [0.1, 0.15) is 21.8 Å². The molecule has 2 heterocycles. The van der Waals surface area contributed by atoms with E-state index in [1.807, 2.05) is 0 Å². The Morgan fingerprint density at radius 1 is 1.31 bits per heavy atom. The second-order valence-electron chi connectivity index (χ2n) is 9.40. The van der Waals surface area contributed by atoms with Crippen LogP contribution >= 0.6 is 11.3 Å². The van der Waals surface area contributed by atoms with Gasteiger partial charge in [0.2, 0.25) is 15.9 Å². The summed E-state index contributed by atoms with van der Waals surface area (Å²) in [6.07, 6.45) is -0.475. The third-order valence-corrected chi connectivity index (χ3v) is 9.51. The van der Waals surface area contributed by atoms with Crippen LogP contribution in [-0.2, 0) is 34.7 Å². The molecule has 2 saturated carbocycles. The number of halogens is 3. The smallest absolute Gasteiger partial charge is 0.282 e. The summed E-state index contributed by atoms with van der Waals surface area (Å²) in [7, 11) is -2.52. The van der Waals surface area contributed by atoms with E-state index in [4.69, 9.17) is 0 Å². The van der Waals surface area contributed by atoms with Crippen molar-refractivity contribution in [3.63, 3.8) is 0 Å². The highest BCUT2D eigenvalue weighted by atomic mass is 32.2. The number of hydrogen-bond acceptors (Lipinski definition) is 7. The average molecular weight is 543 g/mol. The molecule has 2 N–H and O–H groups in total. The Morgan fingerprint density at radius 3 is 2.69 bits per heavy atom. The number of alkyl halides is 3. The van der Waals surface area contributed by atoms with Crippen molar-refractivity contribution in [2.45, 2.75) is 74.5 Å². The molecule has 3 aliphatic carbocycles. The summed E-state index contributed by atoms with van der Waals surface area (Å²) in [5.41, 5.74) is 0.185. The van der Waals surface area contributed by atoms with E-state index < -0.39 is 34.4 Å². The minimum absolute atomic E-state index is 0.0313. The molecule has 0 unspecified atom stereocenters. The van der Waals surface area contributed by atoms with Gasteiger partial charge in [0, 0.05) is 30.0 Å². The van der Waals surface area contributed by atoms with E-state index in [-0.39, 0.29) is 52.8 Å². The minimum atomic E-state index is -4.01. The third-order valence-electron chi connectivity index (χ3n) is 6.54. The third kappa shape index (κ3) is 5.26. The number of fused-ring (bicyclic) bond motifs is 1. The maximum absolute atomic E-state index is 13.3. The summed E-state index contributed by atoms with van der Waals surface area (Å²) in [4.78, 5) is 21.6. The first-order valence-electron chi connectivity index (χ1n) is 11.7. The number of hydrogen-bond donors (Lipinski definition) is 2. The number of amides is 1. The predicted octanol–water partition coefficient (Wildman–Crippen LogP) is 3.91. The summed E-state index contributed by atoms with van der Waals surface area (Å²) in [5, 5.41) is 6.78. The first-order chi connectivity index (χ1) is 17.1. The molecule has 0 spiro atoms. The number of carbonyl (C=O) groups is 1. The highest BCUT2D eigenvalue weighted by Gasteiger charge is 2.39. The largest absolute Gasteiger partial charge is 0.316 e. The Hall–Kier alpha value is -2.54. The number of aryl methyl sites for hydroxylation is 2. The number of nitrogens with one attached hydrogen (secondary N) is 2. The molecular weight excluding hydrogens is 517 g/mol. The van der Waals surface area contributed by atoms with Gasteiger partial charge in [0.25, 0.3) is 6.43 Å². The van der Waals surface area contributed by atoms with E-state index in [0.717, 1.165) is 23.8 Å². The van der Waals surface area contributed by atoms with Crippen molar-refractivity contribution in [1.82, 2.24) is 14.5 Å². The molecule has 2 fully saturated rings. The topological polar surface area (TPSA) is 118 Å². The fourth-order valence-corrected chi connectivity index (χ4v) is 7.59. The Balaban J connectivity index is 1.40. The van der Waals surface area contributed by atoms with Gasteiger partial charge < -0.3 is 5.32 Å². The van der Waals surface area contributed by atoms with Crippen LogP contribution in [0.25, 0.3) is 0 Å². The van der Waals surface area contributed by atoms with Crippen molar-refractivity contribution < 1.29 is 26.4 Å². The van der Waals surface area contributed by atoms with Crippen molar-refractivity contribution in [2.24, 2.45) is 23.0 Å². The molecule has 194 valence electrons. The molecule has 36 heavy (non-hydrogen) atoms. The van der Waals surface area contributed by atoms with Gasteiger partial charge in [0.05, 0.1) is 12.1 Å². The molecule has 14 heteroatoms. The number of aromatic nitrogens is 2. The van der Waals surface area contributed by atoms with Crippen LogP contribution in [0.1, 0.15) is 54.7 Å². The summed E-state index contributed by atoms with van der Waals surface area (Å²) in [6, 6.07) is 2.88. The number of anilines is 1. The zero-order valence-corrected chi connectivity index (χ0v) is 21.0. The molecule has 9 nitrogen and oxygen atoms in total. The zero-order valence-electron chi connectivity index (χ0n) is 19.4. The van der Waals surface area contributed by atoms with E-state index >= 15 is 0 Å². The highest BCUT2D eigenvalue weighted by Crippen LogP contribution is 2.43. The van der Waals surface area contributed by atoms with Crippen LogP contribution in [0.2, 0.25) is 0 Å². The van der Waals surface area contributed by atoms with Crippen molar-refractivity contribution in [1.29, 1.82) is 0 Å².